The smallest absolute Gasteiger partial charge is 0.463 e. The highest BCUT2D eigenvalue weighted by atomic mass is 31.2. The number of carbonyl (C=O) groups is 1. The number of rotatable bonds is 34. The normalized spacial score (nSPS) is 23.9. The van der Waals surface area contributed by atoms with E-state index in [4.69, 9.17) is 4.74 Å². The van der Waals surface area contributed by atoms with Crippen molar-refractivity contribution in [3.05, 3.63) is 12.2 Å². The van der Waals surface area contributed by atoms with E-state index in [0.717, 1.165) is 19.3 Å². The fraction of sp³-hybridized carbons (Fsp3) is 0.923. The maximum Gasteiger partial charge on any atom is 0.472 e. The lowest BCUT2D eigenvalue weighted by Crippen LogP contribution is -2.64. The Bertz CT molecular complexity index is 921. The van der Waals surface area contributed by atoms with Gasteiger partial charge in [0.25, 0.3) is 0 Å². The van der Waals surface area contributed by atoms with Crippen LogP contribution < -0.4 is 0 Å². The van der Waals surface area contributed by atoms with Crippen LogP contribution in [0.3, 0.4) is 0 Å². The number of hydrogen-bond donors (Lipinski definition) is 7. The molecule has 0 saturated heterocycles. The number of aliphatic hydroxyl groups is 6. The Morgan fingerprint density at radius 3 is 1.37 bits per heavy atom. The van der Waals surface area contributed by atoms with Gasteiger partial charge in [0.05, 0.1) is 6.61 Å². The van der Waals surface area contributed by atoms with Crippen LogP contribution in [0.15, 0.2) is 12.2 Å². The molecule has 12 nitrogen and oxygen atoms in total. The van der Waals surface area contributed by atoms with Gasteiger partial charge in [-0.3, -0.25) is 13.8 Å². The molecule has 0 aromatic carbocycles. The number of esters is 1. The first-order chi connectivity index (χ1) is 25.0. The van der Waals surface area contributed by atoms with Crippen LogP contribution in [0.1, 0.15) is 174 Å². The lowest BCUT2D eigenvalue weighted by molar-refractivity contribution is -0.220. The molecule has 13 heteroatoms. The number of phosphoric ester groups is 1. The van der Waals surface area contributed by atoms with Crippen LogP contribution in [0.25, 0.3) is 0 Å². The van der Waals surface area contributed by atoms with Crippen molar-refractivity contribution in [1.29, 1.82) is 0 Å². The van der Waals surface area contributed by atoms with Crippen molar-refractivity contribution < 1.29 is 58.7 Å². The standard InChI is InChI=1S/C39H75O12P/c1-2-3-4-5-6-7-8-9-10-11-12-13-14-15-16-17-18-19-20-21-22-23-24-25-26-27-28-29-33(41)49-30-32(40)31-50-52(47,48)51-39-37(45)35(43)34(42)36(44)38(39)46/h9-10,32,34-40,42-46H,2-8,11-31H2,1H3,(H,47,48)/b10-9-/t32-,34?,35?,36?,37+,38?,39?/m0/s1. The minimum absolute atomic E-state index is 0.195. The molecule has 1 rings (SSSR count). The molecule has 1 saturated carbocycles. The Kier molecular flexibility index (Phi) is 29.6. The largest absolute Gasteiger partial charge is 0.472 e. The minimum Gasteiger partial charge on any atom is -0.463 e. The first-order valence-corrected chi connectivity index (χ1v) is 22.0. The minimum atomic E-state index is -4.99. The van der Waals surface area contributed by atoms with E-state index >= 15 is 0 Å². The summed E-state index contributed by atoms with van der Waals surface area (Å²) in [6.45, 7) is 1.02. The predicted octanol–water partition coefficient (Wildman–Crippen LogP) is 6.93. The highest BCUT2D eigenvalue weighted by molar-refractivity contribution is 7.47. The summed E-state index contributed by atoms with van der Waals surface area (Å²) in [5.74, 6) is -0.505. The Morgan fingerprint density at radius 1 is 0.577 bits per heavy atom. The Labute approximate surface area is 314 Å². The zero-order chi connectivity index (χ0) is 38.5. The summed E-state index contributed by atoms with van der Waals surface area (Å²) in [5, 5.41) is 58.8. The van der Waals surface area contributed by atoms with Crippen molar-refractivity contribution in [3.8, 4) is 0 Å². The summed E-state index contributed by atoms with van der Waals surface area (Å²) in [5.41, 5.74) is 0. The third kappa shape index (κ3) is 24.5. The van der Waals surface area contributed by atoms with E-state index in [-0.39, 0.29) is 6.42 Å². The summed E-state index contributed by atoms with van der Waals surface area (Å²) >= 11 is 0. The molecule has 308 valence electrons. The number of allylic oxidation sites excluding steroid dienone is 2. The summed E-state index contributed by atoms with van der Waals surface area (Å²) in [4.78, 5) is 21.9. The van der Waals surface area contributed by atoms with E-state index in [9.17, 15) is 44.9 Å². The van der Waals surface area contributed by atoms with Gasteiger partial charge in [-0.05, 0) is 32.1 Å². The van der Waals surface area contributed by atoms with E-state index in [2.05, 4.69) is 28.1 Å². The van der Waals surface area contributed by atoms with Crippen molar-refractivity contribution in [2.24, 2.45) is 0 Å². The lowest BCUT2D eigenvalue weighted by atomic mass is 9.85. The number of carbonyl (C=O) groups excluding carboxylic acids is 1. The molecule has 7 N–H and O–H groups in total. The average molecular weight is 767 g/mol. The molecular formula is C39H75O12P. The van der Waals surface area contributed by atoms with E-state index in [1.165, 1.54) is 135 Å². The van der Waals surface area contributed by atoms with Gasteiger partial charge in [0.1, 0.15) is 49.3 Å². The molecule has 0 aliphatic heterocycles. The third-order valence-electron chi connectivity index (χ3n) is 9.84. The number of hydrogen-bond acceptors (Lipinski definition) is 11. The Hall–Kier alpha value is -0.920. The molecule has 1 aliphatic carbocycles. The molecule has 0 aromatic rings. The Morgan fingerprint density at radius 2 is 0.942 bits per heavy atom. The summed E-state index contributed by atoms with van der Waals surface area (Å²) < 4.78 is 26.5. The van der Waals surface area contributed by atoms with Crippen LogP contribution in [0.4, 0.5) is 0 Å². The monoisotopic (exact) mass is 766 g/mol. The zero-order valence-electron chi connectivity index (χ0n) is 32.1. The summed E-state index contributed by atoms with van der Waals surface area (Å²) in [6, 6.07) is 0. The molecule has 8 atom stereocenters. The van der Waals surface area contributed by atoms with Crippen LogP contribution >= 0.6 is 7.82 Å². The molecular weight excluding hydrogens is 691 g/mol. The highest BCUT2D eigenvalue weighted by Gasteiger charge is 2.51. The van der Waals surface area contributed by atoms with Gasteiger partial charge in [0.2, 0.25) is 0 Å². The van der Waals surface area contributed by atoms with E-state index in [0.29, 0.717) is 6.42 Å². The van der Waals surface area contributed by atoms with Gasteiger partial charge < -0.3 is 40.3 Å². The van der Waals surface area contributed by atoms with E-state index < -0.39 is 69.7 Å². The number of ether oxygens (including phenoxy) is 1. The van der Waals surface area contributed by atoms with Gasteiger partial charge in [0, 0.05) is 6.42 Å². The molecule has 0 bridgehead atoms. The van der Waals surface area contributed by atoms with Gasteiger partial charge in [-0.2, -0.15) is 0 Å². The molecule has 0 aromatic heterocycles. The highest BCUT2D eigenvalue weighted by Crippen LogP contribution is 2.47. The molecule has 0 amide bonds. The van der Waals surface area contributed by atoms with Crippen molar-refractivity contribution in [2.45, 2.75) is 217 Å². The number of phosphoric acid groups is 1. The van der Waals surface area contributed by atoms with Gasteiger partial charge in [-0.25, -0.2) is 4.57 Å². The predicted molar refractivity (Wildman–Crippen MR) is 203 cm³/mol. The summed E-state index contributed by atoms with van der Waals surface area (Å²) in [6.07, 6.45) is 23.6. The van der Waals surface area contributed by atoms with Crippen LogP contribution in [0, 0.1) is 0 Å². The van der Waals surface area contributed by atoms with Crippen LogP contribution in [0.2, 0.25) is 0 Å². The second-order valence-corrected chi connectivity index (χ2v) is 16.1. The number of unbranched alkanes of at least 4 members (excludes halogenated alkanes) is 23. The second kappa shape index (κ2) is 31.3. The van der Waals surface area contributed by atoms with E-state index in [1.807, 2.05) is 0 Å². The SMILES string of the molecule is CCCCCCCC/C=C\CCCCCCCCCCCCCCCCCCCC(=O)OC[C@H](O)COP(=O)(O)OC1C(O)C(O)C(O)C(O)[C@H]1O. The molecule has 1 aliphatic rings. The first-order valence-electron chi connectivity index (χ1n) is 20.5. The van der Waals surface area contributed by atoms with Crippen molar-refractivity contribution in [3.63, 3.8) is 0 Å². The fourth-order valence-corrected chi connectivity index (χ4v) is 7.44. The quantitative estimate of drug-likeness (QED) is 0.0154. The molecule has 0 radical (unpaired) electrons. The van der Waals surface area contributed by atoms with Crippen LogP contribution in [0.5, 0.6) is 0 Å². The van der Waals surface area contributed by atoms with Crippen molar-refractivity contribution in [2.75, 3.05) is 13.2 Å². The maximum atomic E-state index is 12.2. The first kappa shape index (κ1) is 49.1. The number of aliphatic hydroxyl groups excluding tert-OH is 6. The second-order valence-electron chi connectivity index (χ2n) is 14.7. The molecule has 52 heavy (non-hydrogen) atoms. The van der Waals surface area contributed by atoms with Crippen LogP contribution in [-0.2, 0) is 23.1 Å². The van der Waals surface area contributed by atoms with E-state index in [1.54, 1.807) is 0 Å². The van der Waals surface area contributed by atoms with Gasteiger partial charge in [-0.15, -0.1) is 0 Å². The maximum absolute atomic E-state index is 12.2. The van der Waals surface area contributed by atoms with Crippen LogP contribution in [-0.4, -0.2) is 97.4 Å². The van der Waals surface area contributed by atoms with Crippen molar-refractivity contribution >= 4 is 13.8 Å². The third-order valence-corrected chi connectivity index (χ3v) is 10.8. The molecule has 0 heterocycles. The lowest BCUT2D eigenvalue weighted by Gasteiger charge is -2.41. The van der Waals surface area contributed by atoms with Gasteiger partial charge in [-0.1, -0.05) is 147 Å². The van der Waals surface area contributed by atoms with Gasteiger partial charge >= 0.3 is 13.8 Å². The molecule has 6 unspecified atom stereocenters. The van der Waals surface area contributed by atoms with Crippen molar-refractivity contribution in [1.82, 2.24) is 0 Å². The average Bonchev–Trinajstić information content (AvgIpc) is 3.13. The summed E-state index contributed by atoms with van der Waals surface area (Å²) in [7, 11) is -4.99. The fourth-order valence-electron chi connectivity index (χ4n) is 6.46. The van der Waals surface area contributed by atoms with Gasteiger partial charge in [0.15, 0.2) is 0 Å². The zero-order valence-corrected chi connectivity index (χ0v) is 33.0. The molecule has 0 spiro atoms. The molecule has 1 fully saturated rings. The topological polar surface area (TPSA) is 203 Å². The Balaban J connectivity index is 1.87.